The van der Waals surface area contributed by atoms with Crippen molar-refractivity contribution in [2.24, 2.45) is 0 Å². The molecular weight excluding hydrogens is 560 g/mol. The molecule has 0 bridgehead atoms. The van der Waals surface area contributed by atoms with E-state index in [-0.39, 0.29) is 0 Å². The second-order valence-electron chi connectivity index (χ2n) is 11.8. The van der Waals surface area contributed by atoms with E-state index in [1.165, 1.54) is 49.8 Å². The SMILES string of the molecule is C1=CNCC(c2cc(-c3cccnc3)cc(-n3c4ccccc4c4c5c(ccc43)N(c3ccccc3)c3ccccc3C=C5)c2)=C1. The third-order valence-corrected chi connectivity index (χ3v) is 9.06. The first-order chi connectivity index (χ1) is 22.8. The van der Waals surface area contributed by atoms with Gasteiger partial charge in [0.1, 0.15) is 0 Å². The van der Waals surface area contributed by atoms with Gasteiger partial charge in [-0.25, -0.2) is 0 Å². The van der Waals surface area contributed by atoms with Crippen LogP contribution in [0.25, 0.3) is 56.3 Å². The largest absolute Gasteiger partial charge is 0.387 e. The number of nitrogens with one attached hydrogen (secondary N) is 1. The van der Waals surface area contributed by atoms with E-state index in [4.69, 9.17) is 0 Å². The van der Waals surface area contributed by atoms with Crippen molar-refractivity contribution in [1.29, 1.82) is 0 Å². The number of dihydropyridines is 1. The van der Waals surface area contributed by atoms with Crippen LogP contribution in [0.5, 0.6) is 0 Å². The van der Waals surface area contributed by atoms with Gasteiger partial charge in [-0.1, -0.05) is 78.9 Å². The van der Waals surface area contributed by atoms with Crippen LogP contribution >= 0.6 is 0 Å². The highest BCUT2D eigenvalue weighted by Crippen LogP contribution is 2.46. The Morgan fingerprint density at radius 3 is 2.35 bits per heavy atom. The molecule has 218 valence electrons. The predicted octanol–water partition coefficient (Wildman–Crippen LogP) is 10.3. The van der Waals surface area contributed by atoms with Crippen LogP contribution in [0, 0.1) is 0 Å². The molecular formula is C42H30N4. The summed E-state index contributed by atoms with van der Waals surface area (Å²) in [5.41, 5.74) is 14.0. The number of aromatic nitrogens is 2. The quantitative estimate of drug-likeness (QED) is 0.221. The monoisotopic (exact) mass is 590 g/mol. The van der Waals surface area contributed by atoms with Gasteiger partial charge >= 0.3 is 0 Å². The molecule has 9 rings (SSSR count). The zero-order chi connectivity index (χ0) is 30.5. The van der Waals surface area contributed by atoms with E-state index < -0.39 is 0 Å². The van der Waals surface area contributed by atoms with Gasteiger partial charge in [0.15, 0.2) is 0 Å². The number of fused-ring (bicyclic) bond motifs is 6. The van der Waals surface area contributed by atoms with Crippen molar-refractivity contribution < 1.29 is 0 Å². The van der Waals surface area contributed by atoms with Crippen molar-refractivity contribution in [3.05, 3.63) is 169 Å². The van der Waals surface area contributed by atoms with E-state index >= 15 is 0 Å². The lowest BCUT2D eigenvalue weighted by atomic mass is 9.97. The van der Waals surface area contributed by atoms with E-state index in [9.17, 15) is 0 Å². The number of nitrogens with zero attached hydrogens (tertiary/aromatic N) is 3. The second kappa shape index (κ2) is 10.8. The summed E-state index contributed by atoms with van der Waals surface area (Å²) in [6.07, 6.45) is 14.6. The highest BCUT2D eigenvalue weighted by atomic mass is 15.1. The van der Waals surface area contributed by atoms with Crippen LogP contribution in [0.15, 0.2) is 152 Å². The Hall–Kier alpha value is -6.13. The van der Waals surface area contributed by atoms with Crippen LogP contribution in [0.2, 0.25) is 0 Å². The molecule has 4 nitrogen and oxygen atoms in total. The molecule has 2 aliphatic heterocycles. The molecule has 2 aliphatic rings. The van der Waals surface area contributed by atoms with Crippen molar-refractivity contribution in [2.75, 3.05) is 11.4 Å². The number of para-hydroxylation sites is 3. The number of benzene rings is 5. The fourth-order valence-electron chi connectivity index (χ4n) is 6.99. The molecule has 46 heavy (non-hydrogen) atoms. The van der Waals surface area contributed by atoms with Crippen LogP contribution in [0.3, 0.4) is 0 Å². The average molecular weight is 591 g/mol. The molecule has 4 heterocycles. The Labute approximate surface area is 267 Å². The van der Waals surface area contributed by atoms with E-state index in [0.29, 0.717) is 0 Å². The van der Waals surface area contributed by atoms with Gasteiger partial charge in [-0.3, -0.25) is 4.98 Å². The van der Waals surface area contributed by atoms with Gasteiger partial charge in [0.2, 0.25) is 0 Å². The Morgan fingerprint density at radius 2 is 1.48 bits per heavy atom. The molecule has 0 aliphatic carbocycles. The fraction of sp³-hybridized carbons (Fsp3) is 0.0238. The highest BCUT2D eigenvalue weighted by molar-refractivity contribution is 6.16. The molecule has 2 aromatic heterocycles. The minimum Gasteiger partial charge on any atom is -0.387 e. The molecule has 0 fully saturated rings. The summed E-state index contributed by atoms with van der Waals surface area (Å²) in [7, 11) is 0. The van der Waals surface area contributed by atoms with Gasteiger partial charge in [-0.05, 0) is 95.2 Å². The molecule has 0 spiro atoms. The van der Waals surface area contributed by atoms with Crippen molar-refractivity contribution in [3.63, 3.8) is 0 Å². The molecule has 0 saturated heterocycles. The standard InChI is InChI=1S/C42H30N4/c1-2-13-34(14-3-1)45-38-16-6-4-10-29(38)18-19-37-40(45)20-21-41-42(37)36-15-5-7-17-39(36)46(41)35-25-32(30-11-8-22-43-27-30)24-33(26-35)31-12-9-23-44-28-31/h1-27,44H,28H2. The number of rotatable bonds is 4. The van der Waals surface area contributed by atoms with Crippen molar-refractivity contribution >= 4 is 56.6 Å². The molecule has 5 aromatic carbocycles. The Balaban J connectivity index is 1.34. The summed E-state index contributed by atoms with van der Waals surface area (Å²) in [4.78, 5) is 6.84. The zero-order valence-electron chi connectivity index (χ0n) is 25.1. The Morgan fingerprint density at radius 1 is 0.630 bits per heavy atom. The number of hydrogen-bond donors (Lipinski definition) is 1. The highest BCUT2D eigenvalue weighted by Gasteiger charge is 2.24. The maximum atomic E-state index is 4.44. The summed E-state index contributed by atoms with van der Waals surface area (Å²) in [6, 6.07) is 43.8. The maximum absolute atomic E-state index is 4.44. The lowest BCUT2D eigenvalue weighted by Gasteiger charge is -2.27. The van der Waals surface area contributed by atoms with Gasteiger partial charge in [-0.2, -0.15) is 0 Å². The van der Waals surface area contributed by atoms with Gasteiger partial charge in [-0.15, -0.1) is 0 Å². The van der Waals surface area contributed by atoms with Crippen molar-refractivity contribution in [1.82, 2.24) is 14.9 Å². The smallest absolute Gasteiger partial charge is 0.0548 e. The first-order valence-electron chi connectivity index (χ1n) is 15.7. The van der Waals surface area contributed by atoms with E-state index in [0.717, 1.165) is 34.7 Å². The minimum atomic E-state index is 0.786. The van der Waals surface area contributed by atoms with Crippen LogP contribution in [-0.4, -0.2) is 16.1 Å². The molecule has 0 unspecified atom stereocenters. The predicted molar refractivity (Wildman–Crippen MR) is 193 cm³/mol. The van der Waals surface area contributed by atoms with Gasteiger partial charge in [0.05, 0.1) is 22.4 Å². The summed E-state index contributed by atoms with van der Waals surface area (Å²) in [6.45, 7) is 0.786. The van der Waals surface area contributed by atoms with Crippen molar-refractivity contribution in [2.45, 2.75) is 0 Å². The molecule has 0 radical (unpaired) electrons. The third-order valence-electron chi connectivity index (χ3n) is 9.06. The normalized spacial score (nSPS) is 13.7. The van der Waals surface area contributed by atoms with Crippen LogP contribution in [0.1, 0.15) is 16.7 Å². The van der Waals surface area contributed by atoms with Gasteiger partial charge < -0.3 is 14.8 Å². The van der Waals surface area contributed by atoms with Crippen LogP contribution < -0.4 is 10.2 Å². The van der Waals surface area contributed by atoms with E-state index in [2.05, 4.69) is 159 Å². The molecule has 4 heteroatoms. The lowest BCUT2D eigenvalue weighted by molar-refractivity contribution is 0.985. The number of anilines is 3. The number of hydrogen-bond acceptors (Lipinski definition) is 3. The maximum Gasteiger partial charge on any atom is 0.0548 e. The first kappa shape index (κ1) is 26.3. The second-order valence-corrected chi connectivity index (χ2v) is 11.8. The summed E-state index contributed by atoms with van der Waals surface area (Å²) < 4.78 is 2.43. The first-order valence-corrected chi connectivity index (χ1v) is 15.7. The van der Waals surface area contributed by atoms with Crippen LogP contribution in [-0.2, 0) is 0 Å². The van der Waals surface area contributed by atoms with E-state index in [1.807, 2.05) is 24.7 Å². The summed E-state index contributed by atoms with van der Waals surface area (Å²) >= 11 is 0. The number of allylic oxidation sites excluding steroid dienone is 2. The lowest BCUT2D eigenvalue weighted by Crippen LogP contribution is -2.12. The van der Waals surface area contributed by atoms with Crippen molar-refractivity contribution in [3.8, 4) is 16.8 Å². The zero-order valence-corrected chi connectivity index (χ0v) is 25.1. The number of pyridine rings is 1. The molecule has 7 aromatic rings. The average Bonchev–Trinajstić information content (AvgIpc) is 3.37. The summed E-state index contributed by atoms with van der Waals surface area (Å²) in [5.74, 6) is 0. The van der Waals surface area contributed by atoms with Crippen LogP contribution in [0.4, 0.5) is 17.1 Å². The topological polar surface area (TPSA) is 33.1 Å². The van der Waals surface area contributed by atoms with Gasteiger partial charge in [0.25, 0.3) is 0 Å². The fourth-order valence-corrected chi connectivity index (χ4v) is 6.99. The molecule has 0 atom stereocenters. The minimum absolute atomic E-state index is 0.786. The Bertz CT molecular complexity index is 2360. The van der Waals surface area contributed by atoms with Gasteiger partial charge in [0, 0.05) is 52.2 Å². The molecule has 0 saturated carbocycles. The summed E-state index contributed by atoms with van der Waals surface area (Å²) in [5, 5.41) is 5.86. The molecule has 0 amide bonds. The molecule has 1 N–H and O–H groups in total. The Kier molecular flexibility index (Phi) is 6.17. The third kappa shape index (κ3) is 4.26. The van der Waals surface area contributed by atoms with E-state index in [1.54, 1.807) is 0 Å².